The van der Waals surface area contributed by atoms with Crippen molar-refractivity contribution < 1.29 is 14.4 Å². The average Bonchev–Trinajstić information content (AvgIpc) is 3.10. The van der Waals surface area contributed by atoms with E-state index in [-0.39, 0.29) is 17.7 Å². The minimum Gasteiger partial charge on any atom is -0.354 e. The SMILES string of the molecule is CCNC(=O)C1(NC(=O)[C@@H](C)NC(=O)c2cccs2)CCCCC1. The highest BCUT2D eigenvalue weighted by molar-refractivity contribution is 7.12. The highest BCUT2D eigenvalue weighted by Crippen LogP contribution is 2.28. The van der Waals surface area contributed by atoms with Crippen molar-refractivity contribution >= 4 is 29.1 Å². The summed E-state index contributed by atoms with van der Waals surface area (Å²) in [4.78, 5) is 37.6. The van der Waals surface area contributed by atoms with E-state index in [9.17, 15) is 14.4 Å². The Labute approximate surface area is 146 Å². The van der Waals surface area contributed by atoms with Crippen molar-refractivity contribution in [1.29, 1.82) is 0 Å². The molecule has 0 aromatic carbocycles. The highest BCUT2D eigenvalue weighted by Gasteiger charge is 2.41. The zero-order chi connectivity index (χ0) is 17.6. The van der Waals surface area contributed by atoms with Crippen molar-refractivity contribution in [2.75, 3.05) is 6.54 Å². The van der Waals surface area contributed by atoms with Crippen molar-refractivity contribution in [3.8, 4) is 0 Å². The first-order chi connectivity index (χ1) is 11.5. The standard InChI is InChI=1S/C17H25N3O3S/c1-3-18-16(23)17(9-5-4-6-10-17)20-14(21)12(2)19-15(22)13-8-7-11-24-13/h7-8,11-12H,3-6,9-10H2,1-2H3,(H,18,23)(H,19,22)(H,20,21)/t12-/m1/s1. The molecule has 3 N–H and O–H groups in total. The van der Waals surface area contributed by atoms with E-state index in [0.29, 0.717) is 24.3 Å². The molecule has 1 heterocycles. The van der Waals surface area contributed by atoms with E-state index in [1.807, 2.05) is 12.3 Å². The lowest BCUT2D eigenvalue weighted by Gasteiger charge is -2.37. The van der Waals surface area contributed by atoms with Gasteiger partial charge in [-0.15, -0.1) is 11.3 Å². The smallest absolute Gasteiger partial charge is 0.261 e. The number of likely N-dealkylation sites (N-methyl/N-ethyl adjacent to an activating group) is 1. The second kappa shape index (κ2) is 8.28. The summed E-state index contributed by atoms with van der Waals surface area (Å²) in [5.41, 5.74) is -0.854. The first-order valence-electron chi connectivity index (χ1n) is 8.43. The molecule has 2 rings (SSSR count). The molecule has 0 unspecified atom stereocenters. The Balaban J connectivity index is 2.01. The summed E-state index contributed by atoms with van der Waals surface area (Å²) >= 11 is 1.32. The Hall–Kier alpha value is -1.89. The second-order valence-electron chi connectivity index (χ2n) is 6.16. The molecule has 1 saturated carbocycles. The fourth-order valence-electron chi connectivity index (χ4n) is 2.98. The van der Waals surface area contributed by atoms with Crippen LogP contribution in [0.3, 0.4) is 0 Å². The zero-order valence-corrected chi connectivity index (χ0v) is 15.0. The normalized spacial score (nSPS) is 17.6. The van der Waals surface area contributed by atoms with E-state index in [2.05, 4.69) is 16.0 Å². The molecule has 1 aromatic rings. The van der Waals surface area contributed by atoms with Gasteiger partial charge in [-0.1, -0.05) is 25.3 Å². The molecule has 7 heteroatoms. The molecule has 1 aromatic heterocycles. The van der Waals surface area contributed by atoms with Gasteiger partial charge in [-0.25, -0.2) is 0 Å². The van der Waals surface area contributed by atoms with Crippen molar-refractivity contribution in [3.63, 3.8) is 0 Å². The van der Waals surface area contributed by atoms with Gasteiger partial charge in [0.05, 0.1) is 4.88 Å². The number of hydrogen-bond donors (Lipinski definition) is 3. The first kappa shape index (κ1) is 18.4. The summed E-state index contributed by atoms with van der Waals surface area (Å²) < 4.78 is 0. The lowest BCUT2D eigenvalue weighted by Crippen LogP contribution is -2.62. The number of nitrogens with one attached hydrogen (secondary N) is 3. The predicted molar refractivity (Wildman–Crippen MR) is 93.9 cm³/mol. The molecule has 24 heavy (non-hydrogen) atoms. The molecule has 1 aliphatic rings. The monoisotopic (exact) mass is 351 g/mol. The van der Waals surface area contributed by atoms with Crippen LogP contribution in [-0.2, 0) is 9.59 Å². The summed E-state index contributed by atoms with van der Waals surface area (Å²) in [6, 6.07) is 2.80. The lowest BCUT2D eigenvalue weighted by atomic mass is 9.80. The molecule has 3 amide bonds. The molecule has 1 aliphatic carbocycles. The molecule has 6 nitrogen and oxygen atoms in total. The lowest BCUT2D eigenvalue weighted by molar-refractivity contribution is -0.135. The van der Waals surface area contributed by atoms with Crippen LogP contribution in [0.25, 0.3) is 0 Å². The van der Waals surface area contributed by atoms with Gasteiger partial charge in [0, 0.05) is 6.54 Å². The van der Waals surface area contributed by atoms with Crippen molar-refractivity contribution in [1.82, 2.24) is 16.0 Å². The molecule has 0 aliphatic heterocycles. The Morgan fingerprint density at radius 1 is 1.25 bits per heavy atom. The maximum Gasteiger partial charge on any atom is 0.261 e. The van der Waals surface area contributed by atoms with E-state index in [4.69, 9.17) is 0 Å². The van der Waals surface area contributed by atoms with E-state index >= 15 is 0 Å². The summed E-state index contributed by atoms with van der Waals surface area (Å²) in [5, 5.41) is 10.2. The van der Waals surface area contributed by atoms with Crippen LogP contribution in [0.2, 0.25) is 0 Å². The van der Waals surface area contributed by atoms with Gasteiger partial charge < -0.3 is 16.0 Å². The molecular formula is C17H25N3O3S. The topological polar surface area (TPSA) is 87.3 Å². The summed E-state index contributed by atoms with van der Waals surface area (Å²) in [6.45, 7) is 4.02. The van der Waals surface area contributed by atoms with Gasteiger partial charge >= 0.3 is 0 Å². The molecule has 0 radical (unpaired) electrons. The zero-order valence-electron chi connectivity index (χ0n) is 14.2. The quantitative estimate of drug-likeness (QED) is 0.730. The van der Waals surface area contributed by atoms with Crippen molar-refractivity contribution in [2.24, 2.45) is 0 Å². The van der Waals surface area contributed by atoms with Gasteiger partial charge in [0.2, 0.25) is 11.8 Å². The molecule has 0 bridgehead atoms. The largest absolute Gasteiger partial charge is 0.354 e. The van der Waals surface area contributed by atoms with Crippen LogP contribution >= 0.6 is 11.3 Å². The van der Waals surface area contributed by atoms with E-state index < -0.39 is 11.6 Å². The van der Waals surface area contributed by atoms with Crippen LogP contribution in [0.15, 0.2) is 17.5 Å². The highest BCUT2D eigenvalue weighted by atomic mass is 32.1. The number of rotatable bonds is 6. The van der Waals surface area contributed by atoms with Gasteiger partial charge in [-0.3, -0.25) is 14.4 Å². The van der Waals surface area contributed by atoms with E-state index in [0.717, 1.165) is 19.3 Å². The fraction of sp³-hybridized carbons (Fsp3) is 0.588. The van der Waals surface area contributed by atoms with Crippen LogP contribution < -0.4 is 16.0 Å². The van der Waals surface area contributed by atoms with Crippen molar-refractivity contribution in [2.45, 2.75) is 57.5 Å². The second-order valence-corrected chi connectivity index (χ2v) is 7.11. The minimum absolute atomic E-state index is 0.130. The third-order valence-corrected chi connectivity index (χ3v) is 5.20. The molecule has 0 spiro atoms. The average molecular weight is 351 g/mol. The maximum atomic E-state index is 12.5. The maximum absolute atomic E-state index is 12.5. The number of carbonyl (C=O) groups is 3. The van der Waals surface area contributed by atoms with E-state index in [1.54, 1.807) is 19.1 Å². The third-order valence-electron chi connectivity index (χ3n) is 4.33. The molecule has 0 saturated heterocycles. The third kappa shape index (κ3) is 4.35. The fourth-order valence-corrected chi connectivity index (χ4v) is 3.61. The summed E-state index contributed by atoms with van der Waals surface area (Å²) in [6.07, 6.45) is 4.16. The Bertz CT molecular complexity index is 580. The molecule has 1 atom stereocenters. The van der Waals surface area contributed by atoms with E-state index in [1.165, 1.54) is 11.3 Å². The summed E-state index contributed by atoms with van der Waals surface area (Å²) in [7, 11) is 0. The van der Waals surface area contributed by atoms with Crippen molar-refractivity contribution in [3.05, 3.63) is 22.4 Å². The molecule has 132 valence electrons. The van der Waals surface area contributed by atoms with Crippen LogP contribution in [0.1, 0.15) is 55.6 Å². The van der Waals surface area contributed by atoms with Gasteiger partial charge in [0.15, 0.2) is 0 Å². The number of thiophene rings is 1. The first-order valence-corrected chi connectivity index (χ1v) is 9.31. The molecular weight excluding hydrogens is 326 g/mol. The summed E-state index contributed by atoms with van der Waals surface area (Å²) in [5.74, 6) is -0.730. The van der Waals surface area contributed by atoms with Crippen LogP contribution in [0, 0.1) is 0 Å². The van der Waals surface area contributed by atoms with Gasteiger partial charge in [0.25, 0.3) is 5.91 Å². The van der Waals surface area contributed by atoms with Gasteiger partial charge in [0.1, 0.15) is 11.6 Å². The Morgan fingerprint density at radius 2 is 1.96 bits per heavy atom. The predicted octanol–water partition coefficient (Wildman–Crippen LogP) is 1.82. The van der Waals surface area contributed by atoms with Crippen LogP contribution in [-0.4, -0.2) is 35.8 Å². The van der Waals surface area contributed by atoms with Crippen LogP contribution in [0.4, 0.5) is 0 Å². The Morgan fingerprint density at radius 3 is 2.54 bits per heavy atom. The Kier molecular flexibility index (Phi) is 6.36. The van der Waals surface area contributed by atoms with Gasteiger partial charge in [-0.2, -0.15) is 0 Å². The number of carbonyl (C=O) groups excluding carboxylic acids is 3. The molecule has 1 fully saturated rings. The van der Waals surface area contributed by atoms with Crippen LogP contribution in [0.5, 0.6) is 0 Å². The van der Waals surface area contributed by atoms with Gasteiger partial charge in [-0.05, 0) is 38.1 Å². The number of amides is 3. The minimum atomic E-state index is -0.854. The number of hydrogen-bond acceptors (Lipinski definition) is 4.